The Kier molecular flexibility index (Phi) is 6.70. The standard InChI is InChI=1S/C23H29N5O3/c1-23(2,31-6)14-26-21-20-17(9-10-24-21)13-25-19(27-20)12-15-7-8-16(11-18(15)30-5)22(29)28(3)4/h7-11,13H,12,14H2,1-6H3,(H,24,26). The fourth-order valence-corrected chi connectivity index (χ4v) is 3.03. The van der Waals surface area contributed by atoms with Gasteiger partial charge < -0.3 is 19.7 Å². The largest absolute Gasteiger partial charge is 0.496 e. The van der Waals surface area contributed by atoms with Gasteiger partial charge in [0.25, 0.3) is 5.91 Å². The maximum absolute atomic E-state index is 12.2. The Bertz CT molecular complexity index is 1080. The van der Waals surface area contributed by atoms with E-state index in [1.807, 2.05) is 26.0 Å². The molecule has 0 atom stereocenters. The summed E-state index contributed by atoms with van der Waals surface area (Å²) in [5.41, 5.74) is 1.88. The molecule has 8 nitrogen and oxygen atoms in total. The predicted octanol–water partition coefficient (Wildman–Crippen LogP) is 3.16. The van der Waals surface area contributed by atoms with Crippen molar-refractivity contribution in [3.05, 3.63) is 53.6 Å². The molecule has 0 aliphatic carbocycles. The number of anilines is 1. The van der Waals surface area contributed by atoms with E-state index in [9.17, 15) is 4.79 Å². The van der Waals surface area contributed by atoms with Crippen LogP contribution in [0.1, 0.15) is 35.6 Å². The molecule has 0 bridgehead atoms. The number of hydrogen-bond acceptors (Lipinski definition) is 7. The minimum Gasteiger partial charge on any atom is -0.496 e. The molecular formula is C23H29N5O3. The van der Waals surface area contributed by atoms with Crippen molar-refractivity contribution in [3.8, 4) is 5.75 Å². The lowest BCUT2D eigenvalue weighted by Gasteiger charge is -2.23. The van der Waals surface area contributed by atoms with Crippen LogP contribution in [0.25, 0.3) is 10.9 Å². The second kappa shape index (κ2) is 9.26. The highest BCUT2D eigenvalue weighted by Gasteiger charge is 2.18. The van der Waals surface area contributed by atoms with Crippen LogP contribution in [0.4, 0.5) is 5.82 Å². The zero-order valence-corrected chi connectivity index (χ0v) is 18.9. The number of nitrogens with one attached hydrogen (secondary N) is 1. The topological polar surface area (TPSA) is 89.5 Å². The molecule has 1 aromatic carbocycles. The van der Waals surface area contributed by atoms with Crippen LogP contribution in [0.15, 0.2) is 36.7 Å². The number of ether oxygens (including phenoxy) is 2. The van der Waals surface area contributed by atoms with Crippen molar-refractivity contribution in [3.63, 3.8) is 0 Å². The van der Waals surface area contributed by atoms with E-state index in [1.54, 1.807) is 52.8 Å². The van der Waals surface area contributed by atoms with Crippen LogP contribution >= 0.6 is 0 Å². The fourth-order valence-electron chi connectivity index (χ4n) is 3.03. The maximum Gasteiger partial charge on any atom is 0.253 e. The summed E-state index contributed by atoms with van der Waals surface area (Å²) in [5, 5.41) is 4.23. The van der Waals surface area contributed by atoms with E-state index in [2.05, 4.69) is 15.3 Å². The number of aromatic nitrogens is 3. The number of carbonyl (C=O) groups is 1. The molecule has 0 saturated carbocycles. The van der Waals surface area contributed by atoms with Gasteiger partial charge in [0.05, 0.1) is 12.7 Å². The SMILES string of the molecule is COc1cc(C(=O)N(C)C)ccc1Cc1ncc2ccnc(NCC(C)(C)OC)c2n1. The summed E-state index contributed by atoms with van der Waals surface area (Å²) in [4.78, 5) is 27.5. The molecule has 164 valence electrons. The van der Waals surface area contributed by atoms with Crippen molar-refractivity contribution in [2.45, 2.75) is 25.9 Å². The molecule has 2 heterocycles. The molecule has 1 amide bonds. The van der Waals surface area contributed by atoms with Crippen LogP contribution in [-0.4, -0.2) is 66.2 Å². The third kappa shape index (κ3) is 5.27. The van der Waals surface area contributed by atoms with E-state index in [0.29, 0.717) is 35.9 Å². The van der Waals surface area contributed by atoms with Crippen molar-refractivity contribution in [2.75, 3.05) is 40.2 Å². The molecule has 3 rings (SSSR count). The van der Waals surface area contributed by atoms with Crippen molar-refractivity contribution in [2.24, 2.45) is 0 Å². The molecule has 2 aromatic heterocycles. The number of rotatable bonds is 8. The predicted molar refractivity (Wildman–Crippen MR) is 121 cm³/mol. The van der Waals surface area contributed by atoms with Gasteiger partial charge in [-0.25, -0.2) is 15.0 Å². The van der Waals surface area contributed by atoms with Crippen LogP contribution < -0.4 is 10.1 Å². The Morgan fingerprint density at radius 3 is 2.61 bits per heavy atom. The number of nitrogens with zero attached hydrogens (tertiary/aromatic N) is 4. The molecular weight excluding hydrogens is 394 g/mol. The van der Waals surface area contributed by atoms with Gasteiger partial charge in [-0.2, -0.15) is 0 Å². The second-order valence-electron chi connectivity index (χ2n) is 8.10. The first-order chi connectivity index (χ1) is 14.7. The molecule has 0 radical (unpaired) electrons. The van der Waals surface area contributed by atoms with Gasteiger partial charge in [0.1, 0.15) is 17.1 Å². The zero-order chi connectivity index (χ0) is 22.6. The normalized spacial score (nSPS) is 11.4. The molecule has 8 heteroatoms. The minimum atomic E-state index is -0.335. The van der Waals surface area contributed by atoms with E-state index in [4.69, 9.17) is 14.5 Å². The molecule has 0 unspecified atom stereocenters. The average molecular weight is 424 g/mol. The quantitative estimate of drug-likeness (QED) is 0.595. The summed E-state index contributed by atoms with van der Waals surface area (Å²) in [6.45, 7) is 4.59. The lowest BCUT2D eigenvalue weighted by atomic mass is 10.1. The van der Waals surface area contributed by atoms with E-state index >= 15 is 0 Å². The summed E-state index contributed by atoms with van der Waals surface area (Å²) in [6.07, 6.45) is 3.99. The van der Waals surface area contributed by atoms with Crippen LogP contribution in [0, 0.1) is 0 Å². The molecule has 0 fully saturated rings. The maximum atomic E-state index is 12.2. The zero-order valence-electron chi connectivity index (χ0n) is 18.9. The molecule has 0 aliphatic rings. The Labute approximate surface area is 182 Å². The molecule has 0 spiro atoms. The van der Waals surface area contributed by atoms with Crippen LogP contribution in [0.3, 0.4) is 0 Å². The Morgan fingerprint density at radius 2 is 1.94 bits per heavy atom. The van der Waals surface area contributed by atoms with E-state index < -0.39 is 0 Å². The van der Waals surface area contributed by atoms with Crippen LogP contribution in [-0.2, 0) is 11.2 Å². The second-order valence-corrected chi connectivity index (χ2v) is 8.10. The number of methoxy groups -OCH3 is 2. The molecule has 0 saturated heterocycles. The average Bonchev–Trinajstić information content (AvgIpc) is 2.77. The highest BCUT2D eigenvalue weighted by Crippen LogP contribution is 2.25. The van der Waals surface area contributed by atoms with Gasteiger partial charge in [0, 0.05) is 63.1 Å². The Morgan fingerprint density at radius 1 is 1.16 bits per heavy atom. The van der Waals surface area contributed by atoms with E-state index in [-0.39, 0.29) is 11.5 Å². The third-order valence-corrected chi connectivity index (χ3v) is 5.07. The summed E-state index contributed by atoms with van der Waals surface area (Å²) in [7, 11) is 6.72. The first-order valence-electron chi connectivity index (χ1n) is 10.0. The number of benzene rings is 1. The van der Waals surface area contributed by atoms with Gasteiger partial charge in [0.2, 0.25) is 0 Å². The first kappa shape index (κ1) is 22.4. The van der Waals surface area contributed by atoms with Gasteiger partial charge >= 0.3 is 0 Å². The lowest BCUT2D eigenvalue weighted by molar-refractivity contribution is 0.0343. The monoisotopic (exact) mass is 423 g/mol. The highest BCUT2D eigenvalue weighted by molar-refractivity contribution is 5.94. The number of hydrogen-bond donors (Lipinski definition) is 1. The van der Waals surface area contributed by atoms with Crippen LogP contribution in [0.5, 0.6) is 5.75 Å². The van der Waals surface area contributed by atoms with Crippen molar-refractivity contribution in [1.29, 1.82) is 0 Å². The summed E-state index contributed by atoms with van der Waals surface area (Å²) < 4.78 is 11.0. The van der Waals surface area contributed by atoms with Gasteiger partial charge in [-0.15, -0.1) is 0 Å². The molecule has 3 aromatic rings. The minimum absolute atomic E-state index is 0.0763. The highest BCUT2D eigenvalue weighted by atomic mass is 16.5. The number of carbonyl (C=O) groups excluding carboxylic acids is 1. The smallest absolute Gasteiger partial charge is 0.253 e. The van der Waals surface area contributed by atoms with Crippen molar-refractivity contribution >= 4 is 22.6 Å². The van der Waals surface area contributed by atoms with Crippen molar-refractivity contribution in [1.82, 2.24) is 19.9 Å². The lowest BCUT2D eigenvalue weighted by Crippen LogP contribution is -2.32. The number of fused-ring (bicyclic) bond motifs is 1. The Balaban J connectivity index is 1.90. The summed E-state index contributed by atoms with van der Waals surface area (Å²) in [5.74, 6) is 1.88. The van der Waals surface area contributed by atoms with Crippen molar-refractivity contribution < 1.29 is 14.3 Å². The van der Waals surface area contributed by atoms with Gasteiger partial charge in [-0.3, -0.25) is 4.79 Å². The number of pyridine rings is 1. The third-order valence-electron chi connectivity index (χ3n) is 5.07. The van der Waals surface area contributed by atoms with E-state index in [1.165, 1.54) is 4.90 Å². The first-order valence-corrected chi connectivity index (χ1v) is 10.0. The molecule has 31 heavy (non-hydrogen) atoms. The van der Waals surface area contributed by atoms with Crippen LogP contribution in [0.2, 0.25) is 0 Å². The van der Waals surface area contributed by atoms with Gasteiger partial charge in [-0.1, -0.05) is 6.07 Å². The van der Waals surface area contributed by atoms with Gasteiger partial charge in [0.15, 0.2) is 5.82 Å². The fraction of sp³-hybridized carbons (Fsp3) is 0.391. The summed E-state index contributed by atoms with van der Waals surface area (Å²) in [6, 6.07) is 7.31. The molecule has 0 aliphatic heterocycles. The Hall–Kier alpha value is -3.26. The summed E-state index contributed by atoms with van der Waals surface area (Å²) >= 11 is 0. The van der Waals surface area contributed by atoms with E-state index in [0.717, 1.165) is 16.5 Å². The number of amides is 1. The molecule has 1 N–H and O–H groups in total. The van der Waals surface area contributed by atoms with Gasteiger partial charge in [-0.05, 0) is 32.0 Å².